The van der Waals surface area contributed by atoms with E-state index in [0.29, 0.717) is 47.6 Å². The van der Waals surface area contributed by atoms with Crippen LogP contribution in [0.2, 0.25) is 0 Å². The smallest absolute Gasteiger partial charge is 0.267 e. The van der Waals surface area contributed by atoms with Crippen molar-refractivity contribution in [2.24, 2.45) is 0 Å². The number of thiazole rings is 1. The summed E-state index contributed by atoms with van der Waals surface area (Å²) in [5, 5.41) is 3.66. The number of nitrogens with one attached hydrogen (secondary N) is 1. The Morgan fingerprint density at radius 1 is 1.00 bits per heavy atom. The highest BCUT2D eigenvalue weighted by atomic mass is 32.1. The van der Waals surface area contributed by atoms with Gasteiger partial charge in [-0.1, -0.05) is 18.2 Å². The van der Waals surface area contributed by atoms with Gasteiger partial charge in [0.05, 0.1) is 18.9 Å². The number of ether oxygens (including phenoxy) is 3. The molecule has 6 nitrogen and oxygen atoms in total. The summed E-state index contributed by atoms with van der Waals surface area (Å²) in [6.45, 7) is 7.01. The number of carbonyl (C=O) groups is 1. The molecule has 0 unspecified atom stereocenters. The maximum atomic E-state index is 12.7. The molecule has 152 valence electrons. The van der Waals surface area contributed by atoms with Gasteiger partial charge < -0.3 is 19.5 Å². The Kier molecular flexibility index (Phi) is 7.08. The van der Waals surface area contributed by atoms with E-state index in [-0.39, 0.29) is 5.91 Å². The fourth-order valence-corrected chi connectivity index (χ4v) is 3.58. The molecule has 0 saturated carbocycles. The number of anilines is 1. The lowest BCUT2D eigenvalue weighted by Crippen LogP contribution is -2.11. The van der Waals surface area contributed by atoms with Crippen LogP contribution in [-0.4, -0.2) is 24.1 Å². The van der Waals surface area contributed by atoms with E-state index in [1.165, 1.54) is 11.3 Å². The Labute approximate surface area is 174 Å². The van der Waals surface area contributed by atoms with Gasteiger partial charge in [-0.3, -0.25) is 4.79 Å². The van der Waals surface area contributed by atoms with Crippen molar-refractivity contribution in [3.8, 4) is 17.2 Å². The van der Waals surface area contributed by atoms with Gasteiger partial charge in [0, 0.05) is 11.8 Å². The molecule has 3 aromatic rings. The second-order valence-electron chi connectivity index (χ2n) is 6.11. The van der Waals surface area contributed by atoms with Gasteiger partial charge in [0.15, 0.2) is 11.5 Å². The zero-order valence-electron chi connectivity index (χ0n) is 16.7. The molecule has 0 spiro atoms. The van der Waals surface area contributed by atoms with E-state index in [0.717, 1.165) is 10.8 Å². The molecule has 1 aromatic heterocycles. The third-order valence-electron chi connectivity index (χ3n) is 3.95. The Balaban J connectivity index is 1.69. The fourth-order valence-electron chi connectivity index (χ4n) is 2.70. The topological polar surface area (TPSA) is 69.7 Å². The molecule has 1 amide bonds. The van der Waals surface area contributed by atoms with Crippen molar-refractivity contribution >= 4 is 22.9 Å². The van der Waals surface area contributed by atoms with Crippen molar-refractivity contribution in [2.45, 2.75) is 27.4 Å². The second kappa shape index (κ2) is 9.93. The summed E-state index contributed by atoms with van der Waals surface area (Å²) in [6.07, 6.45) is 0. The molecule has 0 aliphatic rings. The lowest BCUT2D eigenvalue weighted by Gasteiger charge is -2.12. The van der Waals surface area contributed by atoms with Crippen LogP contribution in [0.4, 0.5) is 5.69 Å². The molecule has 3 rings (SSSR count). The van der Waals surface area contributed by atoms with Crippen molar-refractivity contribution in [3.63, 3.8) is 0 Å². The highest BCUT2D eigenvalue weighted by Crippen LogP contribution is 2.31. The largest absolute Gasteiger partial charge is 0.490 e. The van der Waals surface area contributed by atoms with Crippen LogP contribution in [0.15, 0.2) is 48.5 Å². The van der Waals surface area contributed by atoms with E-state index in [9.17, 15) is 4.79 Å². The van der Waals surface area contributed by atoms with Gasteiger partial charge in [0.2, 0.25) is 0 Å². The normalized spacial score (nSPS) is 10.4. The number of benzene rings is 2. The van der Waals surface area contributed by atoms with Crippen LogP contribution in [0.25, 0.3) is 0 Å². The van der Waals surface area contributed by atoms with Gasteiger partial charge in [-0.2, -0.15) is 0 Å². The van der Waals surface area contributed by atoms with E-state index >= 15 is 0 Å². The maximum Gasteiger partial charge on any atom is 0.267 e. The molecule has 0 radical (unpaired) electrons. The lowest BCUT2D eigenvalue weighted by molar-refractivity contribution is 0.103. The number of aromatic nitrogens is 1. The van der Waals surface area contributed by atoms with Crippen molar-refractivity contribution in [2.75, 3.05) is 18.5 Å². The average Bonchev–Trinajstić information content (AvgIpc) is 3.10. The predicted molar refractivity (Wildman–Crippen MR) is 114 cm³/mol. The van der Waals surface area contributed by atoms with Crippen molar-refractivity contribution < 1.29 is 19.0 Å². The summed E-state index contributed by atoms with van der Waals surface area (Å²) in [5.74, 6) is 1.81. The molecular formula is C22H24N2O4S. The molecule has 0 atom stereocenters. The number of amides is 1. The molecule has 0 saturated heterocycles. The third kappa shape index (κ3) is 5.48. The molecule has 0 aliphatic carbocycles. The Hall–Kier alpha value is -3.06. The number of nitrogens with zero attached hydrogens (tertiary/aromatic N) is 1. The molecule has 2 aromatic carbocycles. The van der Waals surface area contributed by atoms with Gasteiger partial charge in [0.1, 0.15) is 22.2 Å². The van der Waals surface area contributed by atoms with Crippen LogP contribution in [0.5, 0.6) is 17.2 Å². The van der Waals surface area contributed by atoms with Gasteiger partial charge in [-0.25, -0.2) is 4.98 Å². The van der Waals surface area contributed by atoms with Crippen LogP contribution >= 0.6 is 11.3 Å². The molecule has 7 heteroatoms. The quantitative estimate of drug-likeness (QED) is 0.531. The summed E-state index contributed by atoms with van der Waals surface area (Å²) in [6, 6.07) is 14.9. The first-order valence-corrected chi connectivity index (χ1v) is 10.3. The van der Waals surface area contributed by atoms with Crippen LogP contribution in [0, 0.1) is 6.92 Å². The molecule has 29 heavy (non-hydrogen) atoms. The van der Waals surface area contributed by atoms with Crippen molar-refractivity contribution in [1.82, 2.24) is 4.98 Å². The maximum absolute atomic E-state index is 12.7. The van der Waals surface area contributed by atoms with E-state index in [2.05, 4.69) is 10.3 Å². The number of hydrogen-bond donors (Lipinski definition) is 1. The van der Waals surface area contributed by atoms with Gasteiger partial charge in [0.25, 0.3) is 5.91 Å². The van der Waals surface area contributed by atoms with E-state index in [1.807, 2.05) is 51.1 Å². The first-order chi connectivity index (χ1) is 14.1. The minimum atomic E-state index is -0.211. The summed E-state index contributed by atoms with van der Waals surface area (Å²) >= 11 is 1.33. The summed E-state index contributed by atoms with van der Waals surface area (Å²) in [4.78, 5) is 17.8. The highest BCUT2D eigenvalue weighted by Gasteiger charge is 2.17. The van der Waals surface area contributed by atoms with Gasteiger partial charge >= 0.3 is 0 Å². The van der Waals surface area contributed by atoms with Crippen molar-refractivity contribution in [1.29, 1.82) is 0 Å². The Bertz CT molecular complexity index is 957. The minimum absolute atomic E-state index is 0.211. The molecule has 0 aliphatic heterocycles. The average molecular weight is 413 g/mol. The highest BCUT2D eigenvalue weighted by molar-refractivity contribution is 7.13. The summed E-state index contributed by atoms with van der Waals surface area (Å²) in [7, 11) is 0. The van der Waals surface area contributed by atoms with Crippen LogP contribution in [0.1, 0.15) is 34.2 Å². The monoisotopic (exact) mass is 412 g/mol. The van der Waals surface area contributed by atoms with E-state index < -0.39 is 0 Å². The standard InChI is InChI=1S/C22H24N2O4S/c1-4-26-18-12-11-16(13-19(18)27-5-2)24-22(25)21-15(3)23-20(29-21)14-28-17-9-7-6-8-10-17/h6-13H,4-5,14H2,1-3H3,(H,24,25). The number of rotatable bonds is 9. The summed E-state index contributed by atoms with van der Waals surface area (Å²) < 4.78 is 16.9. The predicted octanol–water partition coefficient (Wildman–Crippen LogP) is 5.08. The van der Waals surface area contributed by atoms with Gasteiger partial charge in [-0.05, 0) is 45.0 Å². The molecular weight excluding hydrogens is 388 g/mol. The number of hydrogen-bond acceptors (Lipinski definition) is 6. The summed E-state index contributed by atoms with van der Waals surface area (Å²) in [5.41, 5.74) is 1.31. The van der Waals surface area contributed by atoms with Crippen LogP contribution in [0.3, 0.4) is 0 Å². The number of para-hydroxylation sites is 1. The first-order valence-electron chi connectivity index (χ1n) is 9.45. The Morgan fingerprint density at radius 2 is 1.72 bits per heavy atom. The van der Waals surface area contributed by atoms with Crippen molar-refractivity contribution in [3.05, 3.63) is 64.1 Å². The third-order valence-corrected chi connectivity index (χ3v) is 5.08. The SMILES string of the molecule is CCOc1ccc(NC(=O)c2sc(COc3ccccc3)nc2C)cc1OCC. The van der Waals surface area contributed by atoms with E-state index in [1.54, 1.807) is 18.2 Å². The van der Waals surface area contributed by atoms with Gasteiger partial charge in [-0.15, -0.1) is 11.3 Å². The number of carbonyl (C=O) groups excluding carboxylic acids is 1. The fraction of sp³-hybridized carbons (Fsp3) is 0.273. The van der Waals surface area contributed by atoms with Crippen LogP contribution < -0.4 is 19.5 Å². The van der Waals surface area contributed by atoms with Crippen LogP contribution in [-0.2, 0) is 6.61 Å². The lowest BCUT2D eigenvalue weighted by atomic mass is 10.2. The number of aryl methyl sites for hydroxylation is 1. The zero-order chi connectivity index (χ0) is 20.6. The molecule has 1 N–H and O–H groups in total. The second-order valence-corrected chi connectivity index (χ2v) is 7.19. The Morgan fingerprint density at radius 3 is 2.45 bits per heavy atom. The molecule has 0 fully saturated rings. The minimum Gasteiger partial charge on any atom is -0.490 e. The van der Waals surface area contributed by atoms with E-state index in [4.69, 9.17) is 14.2 Å². The molecule has 1 heterocycles. The molecule has 0 bridgehead atoms. The first kappa shape index (κ1) is 20.7. The zero-order valence-corrected chi connectivity index (χ0v) is 17.5.